The van der Waals surface area contributed by atoms with Crippen molar-refractivity contribution in [2.45, 2.75) is 51.9 Å². The number of ether oxygens (including phenoxy) is 1. The number of carbonyl (C=O) groups excluding carboxylic acids is 1. The topological polar surface area (TPSA) is 26.3 Å². The molecule has 0 unspecified atom stereocenters. The molecule has 1 aromatic carbocycles. The van der Waals surface area contributed by atoms with E-state index in [2.05, 4.69) is 6.92 Å². The Labute approximate surface area is 132 Å². The Morgan fingerprint density at radius 1 is 1.29 bits per heavy atom. The molecule has 2 nitrogen and oxygen atoms in total. The fraction of sp³-hybridized carbons (Fsp3) is 0.611. The van der Waals surface area contributed by atoms with Gasteiger partial charge in [-0.15, -0.1) is 0 Å². The minimum Gasteiger partial charge on any atom is -0.496 e. The van der Waals surface area contributed by atoms with E-state index in [4.69, 9.17) is 16.3 Å². The summed E-state index contributed by atoms with van der Waals surface area (Å²) >= 11 is 6.03. The lowest BCUT2D eigenvalue weighted by molar-refractivity contribution is 0.0866. The maximum Gasteiger partial charge on any atom is 0.169 e. The zero-order chi connectivity index (χ0) is 15.2. The van der Waals surface area contributed by atoms with Crippen LogP contribution in [0.4, 0.5) is 0 Å². The van der Waals surface area contributed by atoms with E-state index in [0.717, 1.165) is 18.8 Å². The Hall–Kier alpha value is -1.02. The minimum absolute atomic E-state index is 0.134. The van der Waals surface area contributed by atoms with Crippen LogP contribution in [0.25, 0.3) is 0 Å². The zero-order valence-corrected chi connectivity index (χ0v) is 13.8. The first-order chi connectivity index (χ1) is 10.2. The lowest BCUT2D eigenvalue weighted by Crippen LogP contribution is -2.22. The van der Waals surface area contributed by atoms with E-state index in [0.29, 0.717) is 16.3 Å². The number of benzene rings is 1. The van der Waals surface area contributed by atoms with Crippen LogP contribution in [0.5, 0.6) is 5.75 Å². The predicted octanol–water partition coefficient (Wildman–Crippen LogP) is 5.53. The van der Waals surface area contributed by atoms with Gasteiger partial charge in [-0.3, -0.25) is 4.79 Å². The lowest BCUT2D eigenvalue weighted by Gasteiger charge is -2.28. The van der Waals surface area contributed by atoms with Gasteiger partial charge in [-0.05, 0) is 49.8 Å². The lowest BCUT2D eigenvalue weighted by atomic mass is 9.77. The fourth-order valence-electron chi connectivity index (χ4n) is 3.30. The Kier molecular flexibility index (Phi) is 6.10. The number of ketones is 1. The van der Waals surface area contributed by atoms with Gasteiger partial charge in [0.2, 0.25) is 0 Å². The van der Waals surface area contributed by atoms with E-state index in [-0.39, 0.29) is 11.7 Å². The molecule has 0 saturated heterocycles. The normalized spacial score (nSPS) is 22.0. The molecule has 0 N–H and O–H groups in total. The summed E-state index contributed by atoms with van der Waals surface area (Å²) in [6.45, 7) is 2.24. The number of unbranched alkanes of at least 4 members (excludes halogenated alkanes) is 1. The first-order valence-corrected chi connectivity index (χ1v) is 8.41. The fourth-order valence-corrected chi connectivity index (χ4v) is 3.47. The van der Waals surface area contributed by atoms with Crippen molar-refractivity contribution >= 4 is 17.4 Å². The van der Waals surface area contributed by atoms with Crippen molar-refractivity contribution in [1.29, 1.82) is 0 Å². The van der Waals surface area contributed by atoms with E-state index in [1.54, 1.807) is 25.3 Å². The summed E-state index contributed by atoms with van der Waals surface area (Å²) in [7, 11) is 1.60. The van der Waals surface area contributed by atoms with Crippen LogP contribution < -0.4 is 4.74 Å². The quantitative estimate of drug-likeness (QED) is 0.646. The number of Topliss-reactive ketones (excluding diaryl/α,β-unsaturated/α-hetero) is 1. The molecule has 0 spiro atoms. The Balaban J connectivity index is 2.00. The molecule has 0 heterocycles. The van der Waals surface area contributed by atoms with Crippen LogP contribution in [0.2, 0.25) is 5.02 Å². The standard InChI is InChI=1S/C18H25ClO2/c1-3-4-5-13-6-8-14(9-7-13)18(20)16-12-15(19)10-11-17(16)21-2/h10-14H,3-9H2,1-2H3. The van der Waals surface area contributed by atoms with Crippen LogP contribution in [-0.4, -0.2) is 12.9 Å². The van der Waals surface area contributed by atoms with Gasteiger partial charge in [-0.25, -0.2) is 0 Å². The number of halogens is 1. The molecule has 2 rings (SSSR count). The highest BCUT2D eigenvalue weighted by Gasteiger charge is 2.28. The van der Waals surface area contributed by atoms with Crippen molar-refractivity contribution in [3.63, 3.8) is 0 Å². The molecule has 1 fully saturated rings. The number of hydrogen-bond acceptors (Lipinski definition) is 2. The van der Waals surface area contributed by atoms with Crippen LogP contribution in [-0.2, 0) is 0 Å². The molecule has 1 aliphatic rings. The zero-order valence-electron chi connectivity index (χ0n) is 13.0. The van der Waals surface area contributed by atoms with Crippen molar-refractivity contribution in [2.24, 2.45) is 11.8 Å². The van der Waals surface area contributed by atoms with Crippen LogP contribution in [0.3, 0.4) is 0 Å². The Bertz CT molecular complexity index is 476. The molecule has 1 saturated carbocycles. The van der Waals surface area contributed by atoms with Crippen molar-refractivity contribution < 1.29 is 9.53 Å². The van der Waals surface area contributed by atoms with Gasteiger partial charge in [-0.2, -0.15) is 0 Å². The van der Waals surface area contributed by atoms with E-state index < -0.39 is 0 Å². The molecular weight excluding hydrogens is 284 g/mol. The molecule has 0 amide bonds. The summed E-state index contributed by atoms with van der Waals surface area (Å²) in [4.78, 5) is 12.7. The molecule has 3 heteroatoms. The third-order valence-electron chi connectivity index (χ3n) is 4.61. The van der Waals surface area contributed by atoms with Crippen molar-refractivity contribution in [3.05, 3.63) is 28.8 Å². The molecular formula is C18H25ClO2. The Morgan fingerprint density at radius 3 is 2.62 bits per heavy atom. The van der Waals surface area contributed by atoms with E-state index >= 15 is 0 Å². The highest BCUT2D eigenvalue weighted by molar-refractivity contribution is 6.31. The van der Waals surface area contributed by atoms with E-state index in [1.165, 1.54) is 32.1 Å². The summed E-state index contributed by atoms with van der Waals surface area (Å²) in [5.74, 6) is 1.78. The van der Waals surface area contributed by atoms with Gasteiger partial charge in [0.15, 0.2) is 5.78 Å². The SMILES string of the molecule is CCCCC1CCC(C(=O)c2cc(Cl)ccc2OC)CC1. The summed E-state index contributed by atoms with van der Waals surface area (Å²) in [5.41, 5.74) is 0.641. The highest BCUT2D eigenvalue weighted by atomic mass is 35.5. The van der Waals surface area contributed by atoms with Gasteiger partial charge in [0.1, 0.15) is 5.75 Å². The molecule has 116 valence electrons. The average Bonchev–Trinajstić information content (AvgIpc) is 2.52. The van der Waals surface area contributed by atoms with Gasteiger partial charge in [0, 0.05) is 10.9 Å². The second-order valence-corrected chi connectivity index (χ2v) is 6.51. The molecule has 0 bridgehead atoms. The molecule has 0 aliphatic heterocycles. The molecule has 1 aromatic rings. The molecule has 0 atom stereocenters. The third kappa shape index (κ3) is 4.23. The summed E-state index contributed by atoms with van der Waals surface area (Å²) in [6.07, 6.45) is 8.26. The first-order valence-electron chi connectivity index (χ1n) is 8.03. The highest BCUT2D eigenvalue weighted by Crippen LogP contribution is 2.35. The van der Waals surface area contributed by atoms with Crippen LogP contribution >= 0.6 is 11.6 Å². The van der Waals surface area contributed by atoms with Crippen LogP contribution in [0.15, 0.2) is 18.2 Å². The summed E-state index contributed by atoms with van der Waals surface area (Å²) in [5, 5.41) is 0.593. The number of rotatable bonds is 6. The number of hydrogen-bond donors (Lipinski definition) is 0. The summed E-state index contributed by atoms with van der Waals surface area (Å²) < 4.78 is 5.31. The van der Waals surface area contributed by atoms with Crippen molar-refractivity contribution in [1.82, 2.24) is 0 Å². The van der Waals surface area contributed by atoms with Gasteiger partial charge in [-0.1, -0.05) is 37.8 Å². The van der Waals surface area contributed by atoms with Crippen molar-refractivity contribution in [3.8, 4) is 5.75 Å². The molecule has 0 radical (unpaired) electrons. The molecule has 0 aromatic heterocycles. The second kappa shape index (κ2) is 7.84. The van der Waals surface area contributed by atoms with E-state index in [9.17, 15) is 4.79 Å². The smallest absolute Gasteiger partial charge is 0.169 e. The second-order valence-electron chi connectivity index (χ2n) is 6.07. The maximum atomic E-state index is 12.7. The van der Waals surface area contributed by atoms with Gasteiger partial charge >= 0.3 is 0 Å². The average molecular weight is 309 g/mol. The van der Waals surface area contributed by atoms with Gasteiger partial charge < -0.3 is 4.74 Å². The first kappa shape index (κ1) is 16.4. The predicted molar refractivity (Wildman–Crippen MR) is 87.3 cm³/mol. The summed E-state index contributed by atoms with van der Waals surface area (Å²) in [6, 6.07) is 5.28. The maximum absolute atomic E-state index is 12.7. The molecule has 21 heavy (non-hydrogen) atoms. The van der Waals surface area contributed by atoms with Gasteiger partial charge in [0.25, 0.3) is 0 Å². The van der Waals surface area contributed by atoms with E-state index in [1.807, 2.05) is 0 Å². The van der Waals surface area contributed by atoms with Crippen LogP contribution in [0.1, 0.15) is 62.2 Å². The largest absolute Gasteiger partial charge is 0.496 e. The minimum atomic E-state index is 0.134. The number of methoxy groups -OCH3 is 1. The monoisotopic (exact) mass is 308 g/mol. The van der Waals surface area contributed by atoms with Gasteiger partial charge in [0.05, 0.1) is 12.7 Å². The number of carbonyl (C=O) groups is 1. The van der Waals surface area contributed by atoms with Crippen molar-refractivity contribution in [2.75, 3.05) is 7.11 Å². The van der Waals surface area contributed by atoms with Crippen LogP contribution in [0, 0.1) is 11.8 Å². The Morgan fingerprint density at radius 2 is 2.00 bits per heavy atom. The third-order valence-corrected chi connectivity index (χ3v) is 4.85. The molecule has 1 aliphatic carbocycles.